The van der Waals surface area contributed by atoms with E-state index in [1.807, 2.05) is 11.0 Å². The molecule has 1 aromatic rings. The summed E-state index contributed by atoms with van der Waals surface area (Å²) in [6.45, 7) is 7.47. The molecule has 1 saturated heterocycles. The van der Waals surface area contributed by atoms with Crippen LogP contribution >= 0.6 is 0 Å². The molecule has 118 valence electrons. The third kappa shape index (κ3) is 4.42. The Labute approximate surface area is 131 Å². The van der Waals surface area contributed by atoms with Gasteiger partial charge in [0.15, 0.2) is 0 Å². The minimum Gasteiger partial charge on any atom is -0.470 e. The van der Waals surface area contributed by atoms with Gasteiger partial charge in [0.2, 0.25) is 11.6 Å². The second-order valence-corrected chi connectivity index (χ2v) is 6.78. The summed E-state index contributed by atoms with van der Waals surface area (Å²) in [4.78, 5) is 22.2. The standard InChI is InChI=1S/C16H22N4O2/c1-16(2,3)9-14(21)20-8-4-5-12(11-20)22-15-13(10-17)18-6-7-19-15/h6-7,12H,4-5,8-9,11H2,1-3H3. The molecule has 1 fully saturated rings. The zero-order valence-corrected chi connectivity index (χ0v) is 13.4. The zero-order chi connectivity index (χ0) is 16.2. The Bertz CT molecular complexity index is 574. The number of likely N-dealkylation sites (tertiary alicyclic amines) is 1. The van der Waals surface area contributed by atoms with Crippen molar-refractivity contribution in [3.63, 3.8) is 0 Å². The zero-order valence-electron chi connectivity index (χ0n) is 13.4. The highest BCUT2D eigenvalue weighted by Crippen LogP contribution is 2.23. The molecule has 1 aliphatic heterocycles. The van der Waals surface area contributed by atoms with Crippen molar-refractivity contribution >= 4 is 5.91 Å². The Hall–Kier alpha value is -2.16. The van der Waals surface area contributed by atoms with E-state index in [9.17, 15) is 4.79 Å². The summed E-state index contributed by atoms with van der Waals surface area (Å²) < 4.78 is 5.80. The number of carbonyl (C=O) groups is 1. The first kappa shape index (κ1) is 16.2. The van der Waals surface area contributed by atoms with E-state index in [1.54, 1.807) is 0 Å². The van der Waals surface area contributed by atoms with Crippen molar-refractivity contribution in [2.75, 3.05) is 13.1 Å². The summed E-state index contributed by atoms with van der Waals surface area (Å²) in [7, 11) is 0. The monoisotopic (exact) mass is 302 g/mol. The average molecular weight is 302 g/mol. The van der Waals surface area contributed by atoms with Gasteiger partial charge in [0.05, 0.1) is 6.54 Å². The van der Waals surface area contributed by atoms with Crippen molar-refractivity contribution < 1.29 is 9.53 Å². The fourth-order valence-electron chi connectivity index (χ4n) is 2.47. The highest BCUT2D eigenvalue weighted by molar-refractivity contribution is 5.77. The molecule has 1 aromatic heterocycles. The van der Waals surface area contributed by atoms with Crippen LogP contribution in [0.4, 0.5) is 0 Å². The second kappa shape index (κ2) is 6.73. The van der Waals surface area contributed by atoms with Crippen LogP contribution in [-0.2, 0) is 4.79 Å². The van der Waals surface area contributed by atoms with Crippen molar-refractivity contribution in [2.45, 2.75) is 46.1 Å². The lowest BCUT2D eigenvalue weighted by atomic mass is 9.91. The predicted molar refractivity (Wildman–Crippen MR) is 81.0 cm³/mol. The first-order valence-corrected chi connectivity index (χ1v) is 7.54. The van der Waals surface area contributed by atoms with Crippen molar-refractivity contribution in [3.05, 3.63) is 18.1 Å². The maximum absolute atomic E-state index is 12.3. The number of rotatable bonds is 3. The predicted octanol–water partition coefficient (Wildman–Crippen LogP) is 2.15. The molecule has 0 aromatic carbocycles. The quantitative estimate of drug-likeness (QED) is 0.854. The van der Waals surface area contributed by atoms with Crippen LogP contribution in [-0.4, -0.2) is 40.0 Å². The lowest BCUT2D eigenvalue weighted by Gasteiger charge is -2.34. The molecule has 2 rings (SSSR count). The van der Waals surface area contributed by atoms with Gasteiger partial charge in [-0.15, -0.1) is 0 Å². The molecule has 0 spiro atoms. The summed E-state index contributed by atoms with van der Waals surface area (Å²) in [5.74, 6) is 0.403. The first-order chi connectivity index (χ1) is 10.4. The van der Waals surface area contributed by atoms with Crippen molar-refractivity contribution in [1.29, 1.82) is 5.26 Å². The Kier molecular flexibility index (Phi) is 4.96. The summed E-state index contributed by atoms with van der Waals surface area (Å²) in [5, 5.41) is 9.02. The van der Waals surface area contributed by atoms with Crippen LogP contribution in [0.5, 0.6) is 5.88 Å². The molecular formula is C16H22N4O2. The van der Waals surface area contributed by atoms with Crippen LogP contribution in [0.25, 0.3) is 0 Å². The lowest BCUT2D eigenvalue weighted by Crippen LogP contribution is -2.45. The maximum Gasteiger partial charge on any atom is 0.251 e. The van der Waals surface area contributed by atoms with Gasteiger partial charge >= 0.3 is 0 Å². The fraction of sp³-hybridized carbons (Fsp3) is 0.625. The summed E-state index contributed by atoms with van der Waals surface area (Å²) in [6, 6.07) is 1.97. The third-order valence-corrected chi connectivity index (χ3v) is 3.46. The van der Waals surface area contributed by atoms with E-state index >= 15 is 0 Å². The number of aromatic nitrogens is 2. The number of ether oxygens (including phenoxy) is 1. The molecule has 2 heterocycles. The average Bonchev–Trinajstić information content (AvgIpc) is 2.46. The molecule has 1 aliphatic rings. The van der Waals surface area contributed by atoms with Crippen LogP contribution in [0.3, 0.4) is 0 Å². The van der Waals surface area contributed by atoms with E-state index in [0.29, 0.717) is 13.0 Å². The lowest BCUT2D eigenvalue weighted by molar-refractivity contribution is -0.135. The number of nitrogens with zero attached hydrogens (tertiary/aromatic N) is 4. The minimum atomic E-state index is -0.138. The summed E-state index contributed by atoms with van der Waals surface area (Å²) in [6.07, 6.45) is 5.09. The molecule has 0 N–H and O–H groups in total. The topological polar surface area (TPSA) is 79.1 Å². The number of nitriles is 1. The number of carbonyl (C=O) groups excluding carboxylic acids is 1. The molecule has 22 heavy (non-hydrogen) atoms. The van der Waals surface area contributed by atoms with Crippen LogP contribution in [0, 0.1) is 16.7 Å². The van der Waals surface area contributed by atoms with E-state index in [0.717, 1.165) is 19.4 Å². The highest BCUT2D eigenvalue weighted by atomic mass is 16.5. The summed E-state index contributed by atoms with van der Waals surface area (Å²) in [5.41, 5.74) is 0.157. The Morgan fingerprint density at radius 1 is 1.45 bits per heavy atom. The van der Waals surface area contributed by atoms with Gasteiger partial charge in [-0.05, 0) is 18.3 Å². The van der Waals surface area contributed by atoms with Gasteiger partial charge < -0.3 is 9.64 Å². The molecule has 1 atom stereocenters. The molecule has 6 heteroatoms. The van der Waals surface area contributed by atoms with E-state index < -0.39 is 0 Å². The van der Waals surface area contributed by atoms with Crippen LogP contribution < -0.4 is 4.74 Å². The van der Waals surface area contributed by atoms with Crippen LogP contribution in [0.1, 0.15) is 45.7 Å². The largest absolute Gasteiger partial charge is 0.470 e. The molecule has 0 saturated carbocycles. The molecule has 1 unspecified atom stereocenters. The highest BCUT2D eigenvalue weighted by Gasteiger charge is 2.28. The maximum atomic E-state index is 12.3. The van der Waals surface area contributed by atoms with Crippen molar-refractivity contribution in [3.8, 4) is 11.9 Å². The molecule has 0 bridgehead atoms. The third-order valence-electron chi connectivity index (χ3n) is 3.46. The van der Waals surface area contributed by atoms with E-state index in [-0.39, 0.29) is 29.0 Å². The molecular weight excluding hydrogens is 280 g/mol. The van der Waals surface area contributed by atoms with Crippen LogP contribution in [0.15, 0.2) is 12.4 Å². The summed E-state index contributed by atoms with van der Waals surface area (Å²) >= 11 is 0. The normalized spacial score (nSPS) is 18.6. The van der Waals surface area contributed by atoms with Gasteiger partial charge in [0.1, 0.15) is 12.2 Å². The number of hydrogen-bond acceptors (Lipinski definition) is 5. The van der Waals surface area contributed by atoms with E-state index in [1.165, 1.54) is 12.4 Å². The van der Waals surface area contributed by atoms with Crippen molar-refractivity contribution in [2.24, 2.45) is 5.41 Å². The van der Waals surface area contributed by atoms with Gasteiger partial charge in [-0.25, -0.2) is 9.97 Å². The smallest absolute Gasteiger partial charge is 0.251 e. The molecule has 6 nitrogen and oxygen atoms in total. The minimum absolute atomic E-state index is 0.0240. The van der Waals surface area contributed by atoms with Crippen LogP contribution in [0.2, 0.25) is 0 Å². The SMILES string of the molecule is CC(C)(C)CC(=O)N1CCCC(Oc2nccnc2C#N)C1. The Morgan fingerprint density at radius 2 is 2.18 bits per heavy atom. The molecule has 0 radical (unpaired) electrons. The van der Waals surface area contributed by atoms with Gasteiger partial charge in [0, 0.05) is 25.4 Å². The van der Waals surface area contributed by atoms with E-state index in [4.69, 9.17) is 10.00 Å². The van der Waals surface area contributed by atoms with Gasteiger partial charge in [-0.2, -0.15) is 5.26 Å². The Morgan fingerprint density at radius 3 is 2.86 bits per heavy atom. The number of piperidine rings is 1. The Balaban J connectivity index is 1.99. The van der Waals surface area contributed by atoms with Gasteiger partial charge in [-0.3, -0.25) is 4.79 Å². The number of hydrogen-bond donors (Lipinski definition) is 0. The molecule has 1 amide bonds. The molecule has 0 aliphatic carbocycles. The first-order valence-electron chi connectivity index (χ1n) is 7.54. The van der Waals surface area contributed by atoms with Crippen molar-refractivity contribution in [1.82, 2.24) is 14.9 Å². The van der Waals surface area contributed by atoms with Gasteiger partial charge in [-0.1, -0.05) is 20.8 Å². The fourth-order valence-corrected chi connectivity index (χ4v) is 2.47. The van der Waals surface area contributed by atoms with Gasteiger partial charge in [0.25, 0.3) is 5.88 Å². The number of amides is 1. The second-order valence-electron chi connectivity index (χ2n) is 6.78. The van der Waals surface area contributed by atoms with E-state index in [2.05, 4.69) is 30.7 Å².